The van der Waals surface area contributed by atoms with Gasteiger partial charge < -0.3 is 14.2 Å². The fourth-order valence-corrected chi connectivity index (χ4v) is 9.26. The van der Waals surface area contributed by atoms with Gasteiger partial charge in [0.1, 0.15) is 13.2 Å². The lowest BCUT2D eigenvalue weighted by molar-refractivity contribution is -0.167. The molecule has 456 valence electrons. The van der Waals surface area contributed by atoms with E-state index < -0.39 is 6.10 Å². The normalized spacial score (nSPS) is 12.9. The van der Waals surface area contributed by atoms with E-state index in [0.29, 0.717) is 19.3 Å². The summed E-state index contributed by atoms with van der Waals surface area (Å²) in [6.45, 7) is 6.41. The van der Waals surface area contributed by atoms with Gasteiger partial charge in [-0.1, -0.05) is 303 Å². The molecule has 0 bridgehead atoms. The largest absolute Gasteiger partial charge is 0.462 e. The smallest absolute Gasteiger partial charge is 0.306 e. The lowest BCUT2D eigenvalue weighted by Gasteiger charge is -2.18. The molecule has 0 aromatic carbocycles. The predicted molar refractivity (Wildman–Crippen MR) is 348 cm³/mol. The second-order valence-electron chi connectivity index (χ2n) is 22.0. The van der Waals surface area contributed by atoms with E-state index in [1.54, 1.807) is 0 Å². The maximum absolute atomic E-state index is 12.9. The van der Waals surface area contributed by atoms with E-state index >= 15 is 0 Å². The maximum atomic E-state index is 12.9. The Labute approximate surface area is 494 Å². The molecule has 0 amide bonds. The third-order valence-corrected chi connectivity index (χ3v) is 14.2. The van der Waals surface area contributed by atoms with Crippen LogP contribution < -0.4 is 0 Å². The molecule has 0 radical (unpaired) electrons. The molecule has 0 aliphatic carbocycles. The second kappa shape index (κ2) is 67.3. The van der Waals surface area contributed by atoms with Gasteiger partial charge in [0.2, 0.25) is 0 Å². The molecule has 0 saturated heterocycles. The fourth-order valence-electron chi connectivity index (χ4n) is 9.26. The van der Waals surface area contributed by atoms with E-state index in [-0.39, 0.29) is 31.1 Å². The minimum atomic E-state index is -0.787. The summed E-state index contributed by atoms with van der Waals surface area (Å²) < 4.78 is 16.9. The van der Waals surface area contributed by atoms with Crippen LogP contribution in [0.15, 0.2) is 122 Å². The number of unbranched alkanes of at least 4 members (excludes halogenated alkanes) is 29. The third-order valence-electron chi connectivity index (χ3n) is 14.2. The second-order valence-corrected chi connectivity index (χ2v) is 22.0. The van der Waals surface area contributed by atoms with Crippen LogP contribution >= 0.6 is 0 Å². The number of hydrogen-bond donors (Lipinski definition) is 0. The molecule has 6 nitrogen and oxygen atoms in total. The van der Waals surface area contributed by atoms with Crippen LogP contribution in [0.4, 0.5) is 0 Å². The molecular formula is C74H124O6. The number of carbonyl (C=O) groups is 3. The zero-order chi connectivity index (χ0) is 57.8. The summed E-state index contributed by atoms with van der Waals surface area (Å²) >= 11 is 0. The first-order chi connectivity index (χ1) is 39.5. The van der Waals surface area contributed by atoms with Gasteiger partial charge in [0.05, 0.1) is 0 Å². The van der Waals surface area contributed by atoms with Gasteiger partial charge in [0.25, 0.3) is 0 Å². The van der Waals surface area contributed by atoms with E-state index in [0.717, 1.165) is 141 Å². The Kier molecular flexibility index (Phi) is 63.8. The van der Waals surface area contributed by atoms with Gasteiger partial charge >= 0.3 is 17.9 Å². The Balaban J connectivity index is 4.17. The van der Waals surface area contributed by atoms with Crippen LogP contribution in [-0.4, -0.2) is 37.2 Å². The van der Waals surface area contributed by atoms with Gasteiger partial charge in [-0.3, -0.25) is 14.4 Å². The number of esters is 3. The molecule has 0 aromatic rings. The zero-order valence-electron chi connectivity index (χ0n) is 52.3. The molecule has 80 heavy (non-hydrogen) atoms. The van der Waals surface area contributed by atoms with E-state index in [2.05, 4.69) is 142 Å². The topological polar surface area (TPSA) is 78.9 Å². The van der Waals surface area contributed by atoms with Crippen molar-refractivity contribution < 1.29 is 28.6 Å². The lowest BCUT2D eigenvalue weighted by Crippen LogP contribution is -2.30. The highest BCUT2D eigenvalue weighted by Gasteiger charge is 2.19. The van der Waals surface area contributed by atoms with Crippen LogP contribution in [0, 0.1) is 0 Å². The first kappa shape index (κ1) is 75.8. The highest BCUT2D eigenvalue weighted by atomic mass is 16.6. The minimum absolute atomic E-state index is 0.0829. The Morgan fingerprint density at radius 1 is 0.263 bits per heavy atom. The van der Waals surface area contributed by atoms with E-state index in [4.69, 9.17) is 14.2 Å². The Hall–Kier alpha value is -4.19. The SMILES string of the molecule is CC/C=C\C/C=C\C/C=C\C/C=C\C/C=C\C/C=C\C/C=C\CCCCCCCCCCCCCCCC(=O)OCC(COC(=O)CCCCCCCCCCCCCC)OC(=O)CCCCCCC/C=C\C/C=C\C/C=C\CC. The molecule has 0 rings (SSSR count). The minimum Gasteiger partial charge on any atom is -0.462 e. The number of rotatable bonds is 60. The highest BCUT2D eigenvalue weighted by Crippen LogP contribution is 2.16. The van der Waals surface area contributed by atoms with Gasteiger partial charge in [0.15, 0.2) is 6.10 Å². The average Bonchev–Trinajstić information content (AvgIpc) is 3.46. The molecule has 1 unspecified atom stereocenters. The van der Waals surface area contributed by atoms with Crippen LogP contribution in [0.3, 0.4) is 0 Å². The zero-order valence-corrected chi connectivity index (χ0v) is 52.3. The van der Waals surface area contributed by atoms with Crippen molar-refractivity contribution in [3.63, 3.8) is 0 Å². The molecule has 1 atom stereocenters. The quantitative estimate of drug-likeness (QED) is 0.0261. The van der Waals surface area contributed by atoms with Crippen molar-refractivity contribution in [2.45, 2.75) is 316 Å². The molecular weight excluding hydrogens is 985 g/mol. The van der Waals surface area contributed by atoms with Gasteiger partial charge in [-0.25, -0.2) is 0 Å². The van der Waals surface area contributed by atoms with Crippen LogP contribution in [0.25, 0.3) is 0 Å². The van der Waals surface area contributed by atoms with E-state index in [9.17, 15) is 14.4 Å². The standard InChI is InChI=1S/C74H124O6/c1-4-7-10-13-16-19-22-25-27-28-29-30-31-32-33-34-35-36-37-38-39-40-41-42-43-44-45-46-48-49-52-55-58-61-64-67-73(76)79-70-71(69-78-72(75)66-63-60-57-54-51-24-21-18-15-12-9-6-3)80-74(77)68-65-62-59-56-53-50-47-26-23-20-17-14-11-8-5-2/h7-8,10-11,16-17,19-20,25-27,29-30,32-33,35-36,38-39,47,71H,4-6,9,12-15,18,21-24,28,31,34,37,40-46,48-70H2,1-3H3/b10-7-,11-8-,19-16-,20-17-,27-25-,30-29-,33-32-,36-35-,39-38-,47-26-. The number of hydrogen-bond acceptors (Lipinski definition) is 6. The van der Waals surface area contributed by atoms with E-state index in [1.807, 2.05) is 0 Å². The number of carbonyl (C=O) groups excluding carboxylic acids is 3. The van der Waals surface area contributed by atoms with Crippen molar-refractivity contribution in [1.29, 1.82) is 0 Å². The van der Waals surface area contributed by atoms with Crippen molar-refractivity contribution in [1.82, 2.24) is 0 Å². The van der Waals surface area contributed by atoms with Crippen molar-refractivity contribution in [2.75, 3.05) is 13.2 Å². The van der Waals surface area contributed by atoms with Gasteiger partial charge in [-0.2, -0.15) is 0 Å². The average molecular weight is 1110 g/mol. The Morgan fingerprint density at radius 2 is 0.487 bits per heavy atom. The number of ether oxygens (including phenoxy) is 3. The molecule has 0 aliphatic rings. The summed E-state index contributed by atoms with van der Waals surface area (Å²) in [7, 11) is 0. The van der Waals surface area contributed by atoms with Crippen molar-refractivity contribution in [3.05, 3.63) is 122 Å². The van der Waals surface area contributed by atoms with Gasteiger partial charge in [0, 0.05) is 19.3 Å². The molecule has 0 heterocycles. The summed E-state index contributed by atoms with van der Waals surface area (Å²) in [5, 5.41) is 0. The highest BCUT2D eigenvalue weighted by molar-refractivity contribution is 5.71. The van der Waals surface area contributed by atoms with Crippen LogP contribution in [0.2, 0.25) is 0 Å². The third kappa shape index (κ3) is 64.6. The van der Waals surface area contributed by atoms with Gasteiger partial charge in [-0.05, 0) is 109 Å². The first-order valence-corrected chi connectivity index (χ1v) is 33.5. The molecule has 0 spiro atoms. The molecule has 6 heteroatoms. The van der Waals surface area contributed by atoms with Crippen LogP contribution in [-0.2, 0) is 28.6 Å². The molecule has 0 N–H and O–H groups in total. The predicted octanol–water partition coefficient (Wildman–Crippen LogP) is 23.2. The van der Waals surface area contributed by atoms with E-state index in [1.165, 1.54) is 128 Å². The van der Waals surface area contributed by atoms with Crippen molar-refractivity contribution >= 4 is 17.9 Å². The summed E-state index contributed by atoms with van der Waals surface area (Å²) in [5.41, 5.74) is 0. The Morgan fingerprint density at radius 3 is 0.762 bits per heavy atom. The number of allylic oxidation sites excluding steroid dienone is 20. The van der Waals surface area contributed by atoms with Gasteiger partial charge in [-0.15, -0.1) is 0 Å². The molecule has 0 aliphatic heterocycles. The molecule has 0 aromatic heterocycles. The molecule has 0 saturated carbocycles. The maximum Gasteiger partial charge on any atom is 0.306 e. The summed E-state index contributed by atoms with van der Waals surface area (Å²) in [4.78, 5) is 38.3. The van der Waals surface area contributed by atoms with Crippen molar-refractivity contribution in [3.8, 4) is 0 Å². The lowest BCUT2D eigenvalue weighted by atomic mass is 10.0. The summed E-state index contributed by atoms with van der Waals surface area (Å²) in [6, 6.07) is 0. The monoisotopic (exact) mass is 1110 g/mol. The molecule has 0 fully saturated rings. The Bertz CT molecular complexity index is 1650. The van der Waals surface area contributed by atoms with Crippen LogP contribution in [0.5, 0.6) is 0 Å². The van der Waals surface area contributed by atoms with Crippen LogP contribution in [0.1, 0.15) is 310 Å². The van der Waals surface area contributed by atoms with Crippen molar-refractivity contribution in [2.24, 2.45) is 0 Å². The fraction of sp³-hybridized carbons (Fsp3) is 0.689. The first-order valence-electron chi connectivity index (χ1n) is 33.5. The summed E-state index contributed by atoms with van der Waals surface area (Å²) in [6.07, 6.45) is 93.7. The summed E-state index contributed by atoms with van der Waals surface area (Å²) in [5.74, 6) is -0.893.